The molecule has 0 saturated carbocycles. The topological polar surface area (TPSA) is 0 Å². The molecule has 1 aromatic carbocycles. The first kappa shape index (κ1) is 14.9. The van der Waals surface area contributed by atoms with E-state index < -0.39 is 0 Å². The molecule has 15 heavy (non-hydrogen) atoms. The Bertz CT molecular complexity index is 219. The number of hydrogen-bond donors (Lipinski definition) is 0. The average molecular weight is 242 g/mol. The molecule has 0 aliphatic heterocycles. The smallest absolute Gasteiger partial charge is 0.0181 e. The molecule has 0 aliphatic rings. The van der Waals surface area contributed by atoms with E-state index in [0.717, 1.165) is 11.7 Å². The Morgan fingerprint density at radius 2 is 1.60 bits per heavy atom. The minimum absolute atomic E-state index is 0.861. The lowest BCUT2D eigenvalue weighted by atomic mass is 10.2. The van der Waals surface area contributed by atoms with Gasteiger partial charge in [-0.15, -0.1) is 0 Å². The van der Waals surface area contributed by atoms with Crippen LogP contribution in [0.3, 0.4) is 0 Å². The maximum Gasteiger partial charge on any atom is 0.0181 e. The Hall–Kier alpha value is -0.0800. The summed E-state index contributed by atoms with van der Waals surface area (Å²) in [6, 6.07) is 10.5. The molecule has 0 nitrogen and oxygen atoms in total. The van der Waals surface area contributed by atoms with Crippen LogP contribution in [-0.4, -0.2) is 18.3 Å². The zero-order valence-corrected chi connectivity index (χ0v) is 11.8. The largest absolute Gasteiger partial charge is 0.165 e. The highest BCUT2D eigenvalue weighted by molar-refractivity contribution is 7.98. The standard InChI is InChI=1S/C8H10S.C5H12S/c1-9-7-8-5-3-2-4-6-8;1-5(2)4-6-3/h2-6H,7H2,1H3;5H,4H2,1-3H3. The first-order valence-corrected chi connectivity index (χ1v) is 8.01. The summed E-state index contributed by atoms with van der Waals surface area (Å²) in [5.41, 5.74) is 1.41. The molecule has 0 atom stereocenters. The zero-order chi connectivity index (χ0) is 11.5. The Morgan fingerprint density at radius 1 is 1.00 bits per heavy atom. The molecule has 0 spiro atoms. The molecule has 0 saturated heterocycles. The number of rotatable bonds is 4. The van der Waals surface area contributed by atoms with Crippen molar-refractivity contribution >= 4 is 23.5 Å². The number of thioether (sulfide) groups is 2. The van der Waals surface area contributed by atoms with E-state index in [0.29, 0.717) is 0 Å². The monoisotopic (exact) mass is 242 g/mol. The van der Waals surface area contributed by atoms with Crippen LogP contribution in [0.2, 0.25) is 0 Å². The predicted molar refractivity (Wildman–Crippen MR) is 76.9 cm³/mol. The quantitative estimate of drug-likeness (QED) is 0.759. The summed E-state index contributed by atoms with van der Waals surface area (Å²) in [4.78, 5) is 0. The van der Waals surface area contributed by atoms with Gasteiger partial charge in [0, 0.05) is 5.75 Å². The van der Waals surface area contributed by atoms with Crippen molar-refractivity contribution in [2.75, 3.05) is 18.3 Å². The fourth-order valence-corrected chi connectivity index (χ4v) is 2.27. The normalized spacial score (nSPS) is 9.67. The molecular formula is C13H22S2. The lowest BCUT2D eigenvalue weighted by Gasteiger charge is -1.95. The highest BCUT2D eigenvalue weighted by Crippen LogP contribution is 2.06. The molecule has 2 heteroatoms. The van der Waals surface area contributed by atoms with Crippen LogP contribution in [0, 0.1) is 5.92 Å². The molecule has 1 aromatic rings. The van der Waals surface area contributed by atoms with Gasteiger partial charge in [-0.2, -0.15) is 23.5 Å². The van der Waals surface area contributed by atoms with Crippen LogP contribution in [-0.2, 0) is 5.75 Å². The molecule has 0 fully saturated rings. The van der Waals surface area contributed by atoms with Gasteiger partial charge in [0.05, 0.1) is 0 Å². The molecule has 0 radical (unpaired) electrons. The van der Waals surface area contributed by atoms with Gasteiger partial charge in [0.25, 0.3) is 0 Å². The van der Waals surface area contributed by atoms with Crippen molar-refractivity contribution in [1.29, 1.82) is 0 Å². The first-order chi connectivity index (χ1) is 7.20. The van der Waals surface area contributed by atoms with Crippen molar-refractivity contribution in [3.8, 4) is 0 Å². The molecule has 0 aliphatic carbocycles. The van der Waals surface area contributed by atoms with Gasteiger partial charge in [-0.3, -0.25) is 0 Å². The van der Waals surface area contributed by atoms with E-state index >= 15 is 0 Å². The van der Waals surface area contributed by atoms with E-state index in [1.54, 1.807) is 0 Å². The molecular weight excluding hydrogens is 220 g/mol. The average Bonchev–Trinajstić information content (AvgIpc) is 2.20. The van der Waals surface area contributed by atoms with Crippen molar-refractivity contribution in [3.05, 3.63) is 35.9 Å². The molecule has 0 heterocycles. The molecule has 1 rings (SSSR count). The first-order valence-electron chi connectivity index (χ1n) is 5.22. The van der Waals surface area contributed by atoms with Gasteiger partial charge in [0.2, 0.25) is 0 Å². The van der Waals surface area contributed by atoms with E-state index in [-0.39, 0.29) is 0 Å². The molecule has 0 amide bonds. The zero-order valence-electron chi connectivity index (χ0n) is 10.2. The second-order valence-corrected chi connectivity index (χ2v) is 5.54. The lowest BCUT2D eigenvalue weighted by Crippen LogP contribution is -1.87. The van der Waals surface area contributed by atoms with Gasteiger partial charge >= 0.3 is 0 Å². The van der Waals surface area contributed by atoms with Crippen LogP contribution in [0.25, 0.3) is 0 Å². The van der Waals surface area contributed by atoms with E-state index in [2.05, 4.69) is 50.6 Å². The van der Waals surface area contributed by atoms with Gasteiger partial charge in [0.15, 0.2) is 0 Å². The van der Waals surface area contributed by atoms with E-state index in [1.807, 2.05) is 29.6 Å². The molecule has 0 bridgehead atoms. The second-order valence-electron chi connectivity index (χ2n) is 3.77. The highest BCUT2D eigenvalue weighted by Gasteiger charge is 1.86. The number of benzene rings is 1. The van der Waals surface area contributed by atoms with E-state index in [1.165, 1.54) is 11.3 Å². The second kappa shape index (κ2) is 10.4. The third-order valence-electron chi connectivity index (χ3n) is 1.65. The van der Waals surface area contributed by atoms with E-state index in [9.17, 15) is 0 Å². The Morgan fingerprint density at radius 3 is 1.93 bits per heavy atom. The molecule has 0 aromatic heterocycles. The lowest BCUT2D eigenvalue weighted by molar-refractivity contribution is 0.751. The number of hydrogen-bond acceptors (Lipinski definition) is 2. The summed E-state index contributed by atoms with van der Waals surface area (Å²) < 4.78 is 0. The predicted octanol–water partition coefficient (Wildman–Crippen LogP) is 4.56. The van der Waals surface area contributed by atoms with Gasteiger partial charge < -0.3 is 0 Å². The summed E-state index contributed by atoms with van der Waals surface area (Å²) in [5.74, 6) is 3.28. The van der Waals surface area contributed by atoms with Crippen molar-refractivity contribution < 1.29 is 0 Å². The van der Waals surface area contributed by atoms with Crippen molar-refractivity contribution in [3.63, 3.8) is 0 Å². The van der Waals surface area contributed by atoms with Gasteiger partial charge in [-0.1, -0.05) is 44.2 Å². The van der Waals surface area contributed by atoms with Crippen molar-refractivity contribution in [1.82, 2.24) is 0 Å². The van der Waals surface area contributed by atoms with Crippen LogP contribution in [0.4, 0.5) is 0 Å². The Labute approximate surface area is 103 Å². The fraction of sp³-hybridized carbons (Fsp3) is 0.538. The SMILES string of the molecule is CSCC(C)C.CSCc1ccccc1. The minimum Gasteiger partial charge on any atom is -0.165 e. The fourth-order valence-electron chi connectivity index (χ4n) is 1.07. The summed E-state index contributed by atoms with van der Waals surface area (Å²) in [7, 11) is 0. The Balaban J connectivity index is 0.000000288. The van der Waals surface area contributed by atoms with Crippen LogP contribution in [0.5, 0.6) is 0 Å². The van der Waals surface area contributed by atoms with Gasteiger partial charge in [0.1, 0.15) is 0 Å². The third kappa shape index (κ3) is 10.2. The van der Waals surface area contributed by atoms with Gasteiger partial charge in [-0.25, -0.2) is 0 Å². The van der Waals surface area contributed by atoms with Crippen LogP contribution in [0.15, 0.2) is 30.3 Å². The van der Waals surface area contributed by atoms with Crippen LogP contribution < -0.4 is 0 Å². The maximum atomic E-state index is 2.23. The summed E-state index contributed by atoms with van der Waals surface area (Å²) in [5, 5.41) is 0. The van der Waals surface area contributed by atoms with Gasteiger partial charge in [-0.05, 0) is 29.7 Å². The van der Waals surface area contributed by atoms with E-state index in [4.69, 9.17) is 0 Å². The van der Waals surface area contributed by atoms with Crippen molar-refractivity contribution in [2.45, 2.75) is 19.6 Å². The maximum absolute atomic E-state index is 2.23. The highest BCUT2D eigenvalue weighted by atomic mass is 32.2. The summed E-state index contributed by atoms with van der Waals surface area (Å²) in [6.07, 6.45) is 4.26. The Kier molecular flexibility index (Phi) is 10.4. The minimum atomic E-state index is 0.861. The summed E-state index contributed by atoms with van der Waals surface area (Å²) in [6.45, 7) is 4.47. The molecule has 0 unspecified atom stereocenters. The summed E-state index contributed by atoms with van der Waals surface area (Å²) >= 11 is 3.76. The van der Waals surface area contributed by atoms with Crippen molar-refractivity contribution in [2.24, 2.45) is 5.92 Å². The third-order valence-corrected chi connectivity index (χ3v) is 3.28. The van der Waals surface area contributed by atoms with Crippen LogP contribution >= 0.6 is 23.5 Å². The molecule has 86 valence electrons. The molecule has 0 N–H and O–H groups in total. The van der Waals surface area contributed by atoms with Crippen LogP contribution in [0.1, 0.15) is 19.4 Å².